The van der Waals surface area contributed by atoms with Gasteiger partial charge in [-0.05, 0) is 22.0 Å². The van der Waals surface area contributed by atoms with Crippen molar-refractivity contribution in [1.29, 1.82) is 0 Å². The largest absolute Gasteiger partial charge is 0.490 e. The van der Waals surface area contributed by atoms with E-state index in [1.165, 1.54) is 37.7 Å². The highest BCUT2D eigenvalue weighted by atomic mass is 79.9. The van der Waals surface area contributed by atoms with Crippen molar-refractivity contribution in [2.45, 2.75) is 0 Å². The minimum Gasteiger partial charge on any atom is -0.490 e. The molecule has 1 aromatic carbocycles. The van der Waals surface area contributed by atoms with Gasteiger partial charge in [0.1, 0.15) is 4.60 Å². The molecule has 21 heavy (non-hydrogen) atoms. The Hall–Kier alpha value is -2.55. The normalized spacial score (nSPS) is 10.0. The van der Waals surface area contributed by atoms with Crippen LogP contribution in [0.1, 0.15) is 10.4 Å². The summed E-state index contributed by atoms with van der Waals surface area (Å²) in [4.78, 5) is 30.1. The third-order valence-corrected chi connectivity index (χ3v) is 2.91. The van der Waals surface area contributed by atoms with Crippen LogP contribution >= 0.6 is 15.9 Å². The number of hydrogen-bond donors (Lipinski definition) is 1. The van der Waals surface area contributed by atoms with Crippen molar-refractivity contribution in [2.75, 3.05) is 12.4 Å². The molecule has 108 valence electrons. The third kappa shape index (κ3) is 3.51. The van der Waals surface area contributed by atoms with Crippen LogP contribution in [0.25, 0.3) is 0 Å². The van der Waals surface area contributed by atoms with Crippen molar-refractivity contribution in [2.24, 2.45) is 0 Å². The summed E-state index contributed by atoms with van der Waals surface area (Å²) in [5, 5.41) is 13.3. The second kappa shape index (κ2) is 6.27. The van der Waals surface area contributed by atoms with Gasteiger partial charge in [0.05, 0.1) is 24.4 Å². The summed E-state index contributed by atoms with van der Waals surface area (Å²) in [6.07, 6.45) is 2.82. The summed E-state index contributed by atoms with van der Waals surface area (Å²) in [5.74, 6) is -0.199. The van der Waals surface area contributed by atoms with Crippen LogP contribution in [0.4, 0.5) is 11.5 Å². The molecule has 1 amide bonds. The average Bonchev–Trinajstić information content (AvgIpc) is 2.48. The lowest BCUT2D eigenvalue weighted by atomic mass is 10.2. The summed E-state index contributed by atoms with van der Waals surface area (Å²) >= 11 is 3.13. The van der Waals surface area contributed by atoms with Crippen molar-refractivity contribution >= 4 is 33.3 Å². The Balaban J connectivity index is 2.23. The average molecular weight is 353 g/mol. The number of anilines is 1. The Bertz CT molecular complexity index is 690. The lowest BCUT2D eigenvalue weighted by Gasteiger charge is -2.06. The van der Waals surface area contributed by atoms with Gasteiger partial charge in [-0.15, -0.1) is 0 Å². The van der Waals surface area contributed by atoms with Crippen molar-refractivity contribution in [3.05, 3.63) is 50.9 Å². The fraction of sp³-hybridized carbons (Fsp3) is 0.0833. The number of halogens is 1. The van der Waals surface area contributed by atoms with Gasteiger partial charge in [0.2, 0.25) is 0 Å². The van der Waals surface area contributed by atoms with E-state index in [1.54, 1.807) is 0 Å². The second-order valence-corrected chi connectivity index (χ2v) is 4.63. The topological polar surface area (TPSA) is 107 Å². The van der Waals surface area contributed by atoms with Crippen LogP contribution in [0.15, 0.2) is 35.2 Å². The first-order valence-corrected chi connectivity index (χ1v) is 6.42. The molecular weight excluding hydrogens is 344 g/mol. The first-order valence-electron chi connectivity index (χ1n) is 5.62. The van der Waals surface area contributed by atoms with Gasteiger partial charge in [0.25, 0.3) is 5.91 Å². The number of nitro benzene ring substituents is 1. The number of aromatic nitrogens is 2. The molecule has 1 heterocycles. The Morgan fingerprint density at radius 2 is 2.14 bits per heavy atom. The molecule has 0 aliphatic carbocycles. The number of benzene rings is 1. The first kappa shape index (κ1) is 14.9. The molecular formula is C12H9BrN4O4. The summed E-state index contributed by atoms with van der Waals surface area (Å²) in [5.41, 5.74) is -0.000322. The van der Waals surface area contributed by atoms with Crippen LogP contribution in [0, 0.1) is 10.1 Å². The minimum atomic E-state index is -0.583. The number of rotatable bonds is 4. The van der Waals surface area contributed by atoms with Crippen molar-refractivity contribution in [3.63, 3.8) is 0 Å². The molecule has 8 nitrogen and oxygen atoms in total. The summed E-state index contributed by atoms with van der Waals surface area (Å²) < 4.78 is 5.45. The molecule has 2 rings (SSSR count). The first-order chi connectivity index (χ1) is 10.0. The number of amides is 1. The Morgan fingerprint density at radius 3 is 2.71 bits per heavy atom. The highest BCUT2D eigenvalue weighted by Gasteiger charge is 2.17. The minimum absolute atomic E-state index is 0.00883. The van der Waals surface area contributed by atoms with Crippen molar-refractivity contribution < 1.29 is 14.5 Å². The van der Waals surface area contributed by atoms with Gasteiger partial charge in [0, 0.05) is 17.7 Å². The molecule has 0 saturated carbocycles. The van der Waals surface area contributed by atoms with E-state index >= 15 is 0 Å². The number of hydrogen-bond acceptors (Lipinski definition) is 6. The number of carbonyl (C=O) groups excluding carboxylic acids is 1. The number of methoxy groups -OCH3 is 1. The monoisotopic (exact) mass is 352 g/mol. The zero-order valence-electron chi connectivity index (χ0n) is 10.7. The molecule has 0 unspecified atom stereocenters. The standard InChI is InChI=1S/C12H9BrN4O4/c1-21-9-4-7(2-3-8(9)17(19)20)12(18)16-11-6-14-10(13)5-15-11/h2-6H,1H3,(H,15,16,18). The molecule has 1 aromatic heterocycles. The number of nitrogens with one attached hydrogen (secondary N) is 1. The molecule has 0 radical (unpaired) electrons. The molecule has 9 heteroatoms. The maximum Gasteiger partial charge on any atom is 0.310 e. The quantitative estimate of drug-likeness (QED) is 0.668. The zero-order chi connectivity index (χ0) is 15.4. The predicted octanol–water partition coefficient (Wildman–Crippen LogP) is 2.41. The molecule has 0 aliphatic rings. The fourth-order valence-corrected chi connectivity index (χ4v) is 1.74. The second-order valence-electron chi connectivity index (χ2n) is 3.82. The summed E-state index contributed by atoms with van der Waals surface area (Å²) in [7, 11) is 1.30. The molecule has 0 saturated heterocycles. The van der Waals surface area contributed by atoms with Gasteiger partial charge >= 0.3 is 5.69 Å². The smallest absolute Gasteiger partial charge is 0.310 e. The van der Waals surface area contributed by atoms with Crippen LogP contribution in [0.3, 0.4) is 0 Å². The highest BCUT2D eigenvalue weighted by molar-refractivity contribution is 9.10. The predicted molar refractivity (Wildman–Crippen MR) is 77.3 cm³/mol. The molecule has 0 fully saturated rings. The van der Waals surface area contributed by atoms with Crippen LogP contribution in [0.2, 0.25) is 0 Å². The zero-order valence-corrected chi connectivity index (χ0v) is 12.3. The van der Waals surface area contributed by atoms with Crippen LogP contribution < -0.4 is 10.1 Å². The Kier molecular flexibility index (Phi) is 4.43. The lowest BCUT2D eigenvalue weighted by Crippen LogP contribution is -2.13. The highest BCUT2D eigenvalue weighted by Crippen LogP contribution is 2.27. The van der Waals surface area contributed by atoms with E-state index in [1.807, 2.05) is 0 Å². The molecule has 0 atom stereocenters. The maximum atomic E-state index is 12.0. The SMILES string of the molecule is COc1cc(C(=O)Nc2cnc(Br)cn2)ccc1[N+](=O)[O-]. The van der Waals surface area contributed by atoms with E-state index in [0.717, 1.165) is 0 Å². The van der Waals surface area contributed by atoms with E-state index < -0.39 is 10.8 Å². The van der Waals surface area contributed by atoms with Gasteiger partial charge in [-0.1, -0.05) is 0 Å². The van der Waals surface area contributed by atoms with Gasteiger partial charge < -0.3 is 10.1 Å². The Morgan fingerprint density at radius 1 is 1.38 bits per heavy atom. The fourth-order valence-electron chi connectivity index (χ4n) is 1.54. The molecule has 0 bridgehead atoms. The van der Waals surface area contributed by atoms with E-state index in [2.05, 4.69) is 31.2 Å². The maximum absolute atomic E-state index is 12.0. The number of nitro groups is 1. The third-order valence-electron chi connectivity index (χ3n) is 2.50. The Labute approximate surface area is 127 Å². The number of carbonyl (C=O) groups is 1. The molecule has 1 N–H and O–H groups in total. The van der Waals surface area contributed by atoms with Crippen LogP contribution in [-0.2, 0) is 0 Å². The van der Waals surface area contributed by atoms with Gasteiger partial charge in [-0.25, -0.2) is 9.97 Å². The van der Waals surface area contributed by atoms with Crippen LogP contribution in [-0.4, -0.2) is 27.9 Å². The van der Waals surface area contributed by atoms with E-state index in [9.17, 15) is 14.9 Å². The van der Waals surface area contributed by atoms with Gasteiger partial charge in [-0.3, -0.25) is 14.9 Å². The summed E-state index contributed by atoms with van der Waals surface area (Å²) in [6.45, 7) is 0. The van der Waals surface area contributed by atoms with Crippen molar-refractivity contribution in [1.82, 2.24) is 9.97 Å². The lowest BCUT2D eigenvalue weighted by molar-refractivity contribution is -0.385. The van der Waals surface area contributed by atoms with Gasteiger partial charge in [-0.2, -0.15) is 0 Å². The van der Waals surface area contributed by atoms with Crippen LogP contribution in [0.5, 0.6) is 5.75 Å². The van der Waals surface area contributed by atoms with Gasteiger partial charge in [0.15, 0.2) is 11.6 Å². The molecule has 2 aromatic rings. The number of ether oxygens (including phenoxy) is 1. The summed E-state index contributed by atoms with van der Waals surface area (Å²) in [6, 6.07) is 3.84. The van der Waals surface area contributed by atoms with E-state index in [4.69, 9.17) is 4.74 Å². The number of nitrogens with zero attached hydrogens (tertiary/aromatic N) is 3. The van der Waals surface area contributed by atoms with E-state index in [-0.39, 0.29) is 22.8 Å². The van der Waals surface area contributed by atoms with E-state index in [0.29, 0.717) is 4.60 Å². The molecule has 0 spiro atoms. The molecule has 0 aliphatic heterocycles. The van der Waals surface area contributed by atoms with Crippen molar-refractivity contribution in [3.8, 4) is 5.75 Å².